The van der Waals surface area contributed by atoms with Gasteiger partial charge < -0.3 is 9.47 Å². The number of hydrazine groups is 1. The number of hydrogen-bond donors (Lipinski definition) is 1. The molecule has 1 fully saturated rings. The molecule has 0 aliphatic carbocycles. The number of nitrogens with zero attached hydrogens (tertiary/aromatic N) is 2. The van der Waals surface area contributed by atoms with Gasteiger partial charge in [0.15, 0.2) is 15.8 Å². The highest BCUT2D eigenvalue weighted by molar-refractivity contribution is 8.26. The number of benzene rings is 2. The molecule has 9 nitrogen and oxygen atoms in total. The van der Waals surface area contributed by atoms with Crippen molar-refractivity contribution in [3.05, 3.63) is 68.6 Å². The Balaban J connectivity index is 1.87. The van der Waals surface area contributed by atoms with Crippen LogP contribution in [0.1, 0.15) is 15.9 Å². The van der Waals surface area contributed by atoms with Crippen molar-refractivity contribution >= 4 is 51.9 Å². The number of methoxy groups -OCH3 is 2. The molecule has 3 rings (SSSR count). The van der Waals surface area contributed by atoms with Crippen LogP contribution >= 0.6 is 24.0 Å². The molecule has 1 heterocycles. The van der Waals surface area contributed by atoms with E-state index in [0.29, 0.717) is 17.1 Å². The van der Waals surface area contributed by atoms with Crippen LogP contribution in [-0.4, -0.2) is 40.3 Å². The Hall–Kier alpha value is -3.44. The SMILES string of the molecule is COc1cccc(C=C2SC(=S)N(NC(=O)c3ccccc3[N+](=O)[O-])C2=O)c1OC. The average Bonchev–Trinajstić information content (AvgIpc) is 3.00. The molecule has 1 aliphatic heterocycles. The van der Waals surface area contributed by atoms with Crippen LogP contribution in [0.15, 0.2) is 47.4 Å². The molecule has 0 unspecified atom stereocenters. The third-order valence-electron chi connectivity index (χ3n) is 4.07. The van der Waals surface area contributed by atoms with Crippen molar-refractivity contribution in [3.8, 4) is 11.5 Å². The number of carbonyl (C=O) groups excluding carboxylic acids is 2. The number of nitro benzene ring substituents is 1. The summed E-state index contributed by atoms with van der Waals surface area (Å²) in [5.74, 6) is -0.457. The fourth-order valence-electron chi connectivity index (χ4n) is 2.72. The maximum Gasteiger partial charge on any atom is 0.285 e. The number of thioether (sulfide) groups is 1. The minimum absolute atomic E-state index is 0.0834. The van der Waals surface area contributed by atoms with Crippen molar-refractivity contribution in [2.45, 2.75) is 0 Å². The van der Waals surface area contributed by atoms with Crippen molar-refractivity contribution in [1.82, 2.24) is 10.4 Å². The van der Waals surface area contributed by atoms with Gasteiger partial charge in [-0.3, -0.25) is 25.1 Å². The van der Waals surface area contributed by atoms with Gasteiger partial charge in [0.2, 0.25) is 0 Å². The van der Waals surface area contributed by atoms with Crippen LogP contribution in [0.3, 0.4) is 0 Å². The summed E-state index contributed by atoms with van der Waals surface area (Å²) in [5, 5.41) is 12.0. The normalized spacial score (nSPS) is 14.7. The van der Waals surface area contributed by atoms with Crippen molar-refractivity contribution in [3.63, 3.8) is 0 Å². The molecule has 2 aromatic carbocycles. The fourth-order valence-corrected chi connectivity index (χ4v) is 3.89. The molecule has 154 valence electrons. The van der Waals surface area contributed by atoms with E-state index < -0.39 is 16.7 Å². The largest absolute Gasteiger partial charge is 0.493 e. The van der Waals surface area contributed by atoms with Gasteiger partial charge >= 0.3 is 0 Å². The van der Waals surface area contributed by atoms with E-state index in [1.165, 1.54) is 38.5 Å². The van der Waals surface area contributed by atoms with E-state index in [1.54, 1.807) is 24.3 Å². The minimum Gasteiger partial charge on any atom is -0.493 e. The van der Waals surface area contributed by atoms with E-state index in [0.717, 1.165) is 16.8 Å². The highest BCUT2D eigenvalue weighted by Gasteiger charge is 2.35. The summed E-state index contributed by atoms with van der Waals surface area (Å²) in [5.41, 5.74) is 2.36. The molecule has 30 heavy (non-hydrogen) atoms. The van der Waals surface area contributed by atoms with E-state index >= 15 is 0 Å². The van der Waals surface area contributed by atoms with Crippen molar-refractivity contribution in [2.24, 2.45) is 0 Å². The third kappa shape index (κ3) is 4.11. The van der Waals surface area contributed by atoms with Gasteiger partial charge in [0.25, 0.3) is 17.5 Å². The first-order chi connectivity index (χ1) is 14.4. The fraction of sp³-hybridized carbons (Fsp3) is 0.105. The predicted octanol–water partition coefficient (Wildman–Crippen LogP) is 3.16. The summed E-state index contributed by atoms with van der Waals surface area (Å²) in [6.45, 7) is 0. The number of hydrogen-bond acceptors (Lipinski definition) is 8. The number of nitrogens with one attached hydrogen (secondary N) is 1. The quantitative estimate of drug-likeness (QED) is 0.312. The standard InChI is InChI=1S/C19H15N3O6S2/c1-27-14-9-5-6-11(16(14)28-2)10-15-18(24)21(19(29)30-15)20-17(23)12-7-3-4-8-13(12)22(25)26/h3-10H,1-2H3,(H,20,23). The van der Waals surface area contributed by atoms with Crippen LogP contribution in [0.5, 0.6) is 11.5 Å². The highest BCUT2D eigenvalue weighted by atomic mass is 32.2. The molecular weight excluding hydrogens is 430 g/mol. The van der Waals surface area contributed by atoms with Gasteiger partial charge in [-0.05, 0) is 30.4 Å². The summed E-state index contributed by atoms with van der Waals surface area (Å²) in [7, 11) is 2.98. The molecule has 0 aromatic heterocycles. The molecule has 0 bridgehead atoms. The Labute approximate surface area is 180 Å². The Morgan fingerprint density at radius 3 is 2.60 bits per heavy atom. The lowest BCUT2D eigenvalue weighted by Crippen LogP contribution is -2.45. The highest BCUT2D eigenvalue weighted by Crippen LogP contribution is 2.36. The molecule has 0 saturated carbocycles. The van der Waals surface area contributed by atoms with E-state index in [4.69, 9.17) is 21.7 Å². The van der Waals surface area contributed by atoms with Crippen LogP contribution in [0.4, 0.5) is 5.69 Å². The molecule has 1 saturated heterocycles. The summed E-state index contributed by atoms with van der Waals surface area (Å²) < 4.78 is 10.7. The van der Waals surface area contributed by atoms with E-state index in [2.05, 4.69) is 5.43 Å². The van der Waals surface area contributed by atoms with Crippen molar-refractivity contribution in [2.75, 3.05) is 14.2 Å². The first kappa shape index (κ1) is 21.3. The molecule has 11 heteroatoms. The maximum atomic E-state index is 12.8. The van der Waals surface area contributed by atoms with E-state index in [1.807, 2.05) is 0 Å². The monoisotopic (exact) mass is 445 g/mol. The first-order valence-corrected chi connectivity index (χ1v) is 9.63. The van der Waals surface area contributed by atoms with Gasteiger partial charge in [-0.1, -0.05) is 36.0 Å². The van der Waals surface area contributed by atoms with Crippen LogP contribution in [0.25, 0.3) is 6.08 Å². The summed E-state index contributed by atoms with van der Waals surface area (Å²) in [4.78, 5) is 36.0. The molecule has 2 amide bonds. The molecule has 1 N–H and O–H groups in total. The zero-order valence-electron chi connectivity index (χ0n) is 15.8. The minimum atomic E-state index is -0.821. The lowest BCUT2D eigenvalue weighted by atomic mass is 10.1. The van der Waals surface area contributed by atoms with E-state index in [9.17, 15) is 19.7 Å². The van der Waals surface area contributed by atoms with Crippen molar-refractivity contribution < 1.29 is 24.0 Å². The Kier molecular flexibility index (Phi) is 6.33. The summed E-state index contributed by atoms with van der Waals surface area (Å²) >= 11 is 6.18. The number of thiocarbonyl (C=S) groups is 1. The van der Waals surface area contributed by atoms with E-state index in [-0.39, 0.29) is 20.5 Å². The summed E-state index contributed by atoms with van der Waals surface area (Å²) in [6, 6.07) is 10.6. The number of nitro groups is 1. The second-order valence-electron chi connectivity index (χ2n) is 5.82. The number of rotatable bonds is 6. The van der Waals surface area contributed by atoms with Crippen LogP contribution in [-0.2, 0) is 4.79 Å². The van der Waals surface area contributed by atoms with Gasteiger partial charge in [-0.25, -0.2) is 0 Å². The number of para-hydroxylation sites is 2. The maximum absolute atomic E-state index is 12.8. The van der Waals surface area contributed by atoms with Crippen LogP contribution < -0.4 is 14.9 Å². The molecule has 2 aromatic rings. The molecule has 0 atom stereocenters. The third-order valence-corrected chi connectivity index (χ3v) is 5.37. The zero-order valence-corrected chi connectivity index (χ0v) is 17.4. The Bertz CT molecular complexity index is 1090. The zero-order chi connectivity index (χ0) is 21.8. The van der Waals surface area contributed by atoms with Crippen LogP contribution in [0.2, 0.25) is 0 Å². The Morgan fingerprint density at radius 1 is 1.20 bits per heavy atom. The number of ether oxygens (including phenoxy) is 2. The average molecular weight is 445 g/mol. The second-order valence-corrected chi connectivity index (χ2v) is 7.49. The lowest BCUT2D eigenvalue weighted by molar-refractivity contribution is -0.385. The first-order valence-electron chi connectivity index (χ1n) is 8.40. The van der Waals surface area contributed by atoms with Gasteiger partial charge in [-0.2, -0.15) is 5.01 Å². The Morgan fingerprint density at radius 2 is 1.93 bits per heavy atom. The summed E-state index contributed by atoms with van der Waals surface area (Å²) in [6.07, 6.45) is 1.57. The molecule has 1 aliphatic rings. The van der Waals surface area contributed by atoms with Gasteiger partial charge in [-0.15, -0.1) is 0 Å². The molecular formula is C19H15N3O6S2. The number of carbonyl (C=O) groups is 2. The second kappa shape index (κ2) is 8.93. The smallest absolute Gasteiger partial charge is 0.285 e. The molecule has 0 radical (unpaired) electrons. The molecule has 0 spiro atoms. The predicted molar refractivity (Wildman–Crippen MR) is 115 cm³/mol. The van der Waals surface area contributed by atoms with Gasteiger partial charge in [0.05, 0.1) is 24.0 Å². The topological polar surface area (TPSA) is 111 Å². The van der Waals surface area contributed by atoms with Crippen LogP contribution in [0, 0.1) is 10.1 Å². The number of amides is 2. The van der Waals surface area contributed by atoms with Gasteiger partial charge in [0.1, 0.15) is 5.56 Å². The van der Waals surface area contributed by atoms with Crippen molar-refractivity contribution in [1.29, 1.82) is 0 Å². The lowest BCUT2D eigenvalue weighted by Gasteiger charge is -2.15. The van der Waals surface area contributed by atoms with Gasteiger partial charge in [0, 0.05) is 11.6 Å².